The number of aromatic nitrogens is 2. The van der Waals surface area contributed by atoms with E-state index in [0.717, 1.165) is 29.4 Å². The highest BCUT2D eigenvalue weighted by Crippen LogP contribution is 2.29. The maximum Gasteiger partial charge on any atom is 0.136 e. The minimum absolute atomic E-state index is 0.136. The van der Waals surface area contributed by atoms with Crippen LogP contribution in [0.15, 0.2) is 24.3 Å². The third kappa shape index (κ3) is 4.08. The Morgan fingerprint density at radius 1 is 1.00 bits per heavy atom. The summed E-state index contributed by atoms with van der Waals surface area (Å²) in [6.45, 7) is 9.11. The Morgan fingerprint density at radius 3 is 2.14 bits per heavy atom. The number of halogens is 2. The van der Waals surface area contributed by atoms with E-state index >= 15 is 0 Å². The number of hydrogen-bond acceptors (Lipinski definition) is 3. The average molecular weight is 324 g/mol. The molecule has 5 heteroatoms. The molecule has 112 valence electrons. The second kappa shape index (κ2) is 6.20. The van der Waals surface area contributed by atoms with Crippen LogP contribution in [0.5, 0.6) is 0 Å². The molecule has 0 aliphatic carbocycles. The first-order valence-electron chi connectivity index (χ1n) is 6.89. The van der Waals surface area contributed by atoms with E-state index in [0.29, 0.717) is 10.0 Å². The van der Waals surface area contributed by atoms with E-state index in [9.17, 15) is 0 Å². The van der Waals surface area contributed by atoms with Crippen LogP contribution in [0.2, 0.25) is 10.0 Å². The summed E-state index contributed by atoms with van der Waals surface area (Å²) in [5, 5.41) is 4.43. The Morgan fingerprint density at radius 2 is 1.62 bits per heavy atom. The van der Waals surface area contributed by atoms with Gasteiger partial charge in [0.25, 0.3) is 0 Å². The molecule has 1 N–H and O–H groups in total. The second-order valence-electron chi connectivity index (χ2n) is 5.90. The summed E-state index contributed by atoms with van der Waals surface area (Å²) >= 11 is 12.2. The third-order valence-electron chi connectivity index (χ3n) is 2.91. The number of rotatable bonds is 3. The molecule has 0 atom stereocenters. The van der Waals surface area contributed by atoms with Gasteiger partial charge in [0.15, 0.2) is 0 Å². The Hall–Kier alpha value is -1.32. The highest BCUT2D eigenvalue weighted by atomic mass is 35.5. The molecule has 0 amide bonds. The summed E-state index contributed by atoms with van der Waals surface area (Å²) in [5.41, 5.74) is 1.57. The number of nitrogens with zero attached hydrogens (tertiary/aromatic N) is 2. The lowest BCUT2D eigenvalue weighted by atomic mass is 9.95. The molecule has 1 heterocycles. The molecule has 2 rings (SSSR count). The van der Waals surface area contributed by atoms with Crippen molar-refractivity contribution in [3.8, 4) is 11.3 Å². The van der Waals surface area contributed by atoms with Crippen molar-refractivity contribution in [2.24, 2.45) is 0 Å². The zero-order valence-corrected chi connectivity index (χ0v) is 14.2. The van der Waals surface area contributed by atoms with Gasteiger partial charge in [-0.3, -0.25) is 0 Å². The first kappa shape index (κ1) is 16.1. The third-order valence-corrected chi connectivity index (χ3v) is 3.35. The van der Waals surface area contributed by atoms with Gasteiger partial charge in [-0.25, -0.2) is 9.97 Å². The minimum atomic E-state index is -0.136. The van der Waals surface area contributed by atoms with Crippen molar-refractivity contribution >= 4 is 29.0 Å². The fourth-order valence-corrected chi connectivity index (χ4v) is 2.43. The van der Waals surface area contributed by atoms with Gasteiger partial charge in [0.05, 0.1) is 5.69 Å². The smallest absolute Gasteiger partial charge is 0.136 e. The van der Waals surface area contributed by atoms with Crippen molar-refractivity contribution in [2.75, 3.05) is 11.9 Å². The molecule has 1 aromatic heterocycles. The van der Waals surface area contributed by atoms with Crippen LogP contribution in [-0.4, -0.2) is 16.5 Å². The zero-order chi connectivity index (χ0) is 15.6. The lowest BCUT2D eigenvalue weighted by molar-refractivity contribution is 0.546. The topological polar surface area (TPSA) is 37.8 Å². The van der Waals surface area contributed by atoms with Crippen LogP contribution in [0.25, 0.3) is 11.3 Å². The molecule has 21 heavy (non-hydrogen) atoms. The van der Waals surface area contributed by atoms with Gasteiger partial charge < -0.3 is 5.32 Å². The van der Waals surface area contributed by atoms with Gasteiger partial charge in [-0.1, -0.05) is 44.0 Å². The SMILES string of the molecule is CCNc1cc(-c2cc(Cl)cc(Cl)c2)nc(C(C)(C)C)n1. The molecule has 0 aliphatic heterocycles. The predicted octanol–water partition coefficient (Wildman–Crippen LogP) is 5.18. The molecule has 0 fully saturated rings. The summed E-state index contributed by atoms with van der Waals surface area (Å²) in [4.78, 5) is 9.25. The number of hydrogen-bond donors (Lipinski definition) is 1. The van der Waals surface area contributed by atoms with Crippen LogP contribution in [0.4, 0.5) is 5.82 Å². The zero-order valence-electron chi connectivity index (χ0n) is 12.7. The molecule has 0 unspecified atom stereocenters. The number of anilines is 1. The maximum atomic E-state index is 6.09. The van der Waals surface area contributed by atoms with Crippen LogP contribution in [0.3, 0.4) is 0 Å². The summed E-state index contributed by atoms with van der Waals surface area (Å²) in [5.74, 6) is 1.59. The molecule has 2 aromatic rings. The van der Waals surface area contributed by atoms with Crippen LogP contribution < -0.4 is 5.32 Å². The Kier molecular flexibility index (Phi) is 4.74. The van der Waals surface area contributed by atoms with Crippen LogP contribution in [-0.2, 0) is 5.41 Å². The number of nitrogens with one attached hydrogen (secondary N) is 1. The van der Waals surface area contributed by atoms with Gasteiger partial charge >= 0.3 is 0 Å². The number of benzene rings is 1. The molecule has 0 radical (unpaired) electrons. The summed E-state index contributed by atoms with van der Waals surface area (Å²) < 4.78 is 0. The Balaban J connectivity index is 2.59. The first-order chi connectivity index (χ1) is 9.79. The van der Waals surface area contributed by atoms with Crippen molar-refractivity contribution in [3.05, 3.63) is 40.1 Å². The summed E-state index contributed by atoms with van der Waals surface area (Å²) in [6.07, 6.45) is 0. The van der Waals surface area contributed by atoms with Crippen molar-refractivity contribution in [1.29, 1.82) is 0 Å². The van der Waals surface area contributed by atoms with Crippen LogP contribution >= 0.6 is 23.2 Å². The molecule has 1 aromatic carbocycles. The van der Waals surface area contributed by atoms with Gasteiger partial charge in [-0.05, 0) is 25.1 Å². The first-order valence-corrected chi connectivity index (χ1v) is 7.65. The van der Waals surface area contributed by atoms with E-state index in [1.165, 1.54) is 0 Å². The second-order valence-corrected chi connectivity index (χ2v) is 6.77. The summed E-state index contributed by atoms with van der Waals surface area (Å²) in [7, 11) is 0. The van der Waals surface area contributed by atoms with Gasteiger partial charge in [-0.15, -0.1) is 0 Å². The summed E-state index contributed by atoms with van der Waals surface area (Å²) in [6, 6.07) is 7.35. The molecule has 0 aliphatic rings. The monoisotopic (exact) mass is 323 g/mol. The average Bonchev–Trinajstić information content (AvgIpc) is 2.36. The molecule has 0 saturated carbocycles. The van der Waals surface area contributed by atoms with E-state index in [-0.39, 0.29) is 5.41 Å². The molecule has 3 nitrogen and oxygen atoms in total. The quantitative estimate of drug-likeness (QED) is 0.845. The minimum Gasteiger partial charge on any atom is -0.370 e. The van der Waals surface area contributed by atoms with E-state index < -0.39 is 0 Å². The molecule has 0 bridgehead atoms. The standard InChI is InChI=1S/C16H19Cl2N3/c1-5-19-14-9-13(20-15(21-14)16(2,3)4)10-6-11(17)8-12(18)7-10/h6-9H,5H2,1-4H3,(H,19,20,21). The van der Waals surface area contributed by atoms with Gasteiger partial charge in [-0.2, -0.15) is 0 Å². The van der Waals surface area contributed by atoms with E-state index in [1.54, 1.807) is 6.07 Å². The maximum absolute atomic E-state index is 6.09. The van der Waals surface area contributed by atoms with Crippen LogP contribution in [0, 0.1) is 0 Å². The lowest BCUT2D eigenvalue weighted by Crippen LogP contribution is -2.17. The van der Waals surface area contributed by atoms with Crippen LogP contribution in [0.1, 0.15) is 33.5 Å². The fraction of sp³-hybridized carbons (Fsp3) is 0.375. The van der Waals surface area contributed by atoms with Gasteiger partial charge in [0.1, 0.15) is 11.6 Å². The molecular formula is C16H19Cl2N3. The van der Waals surface area contributed by atoms with Crippen molar-refractivity contribution < 1.29 is 0 Å². The molecule has 0 spiro atoms. The normalized spacial score (nSPS) is 11.5. The Labute approximate surface area is 135 Å². The van der Waals surface area contributed by atoms with Gasteiger partial charge in [0, 0.05) is 33.6 Å². The van der Waals surface area contributed by atoms with Crippen molar-refractivity contribution in [2.45, 2.75) is 33.1 Å². The van der Waals surface area contributed by atoms with Crippen molar-refractivity contribution in [3.63, 3.8) is 0 Å². The van der Waals surface area contributed by atoms with Gasteiger partial charge in [0.2, 0.25) is 0 Å². The van der Waals surface area contributed by atoms with Crippen molar-refractivity contribution in [1.82, 2.24) is 9.97 Å². The van der Waals surface area contributed by atoms with E-state index in [1.807, 2.05) is 25.1 Å². The lowest BCUT2D eigenvalue weighted by Gasteiger charge is -2.19. The largest absolute Gasteiger partial charge is 0.370 e. The Bertz CT molecular complexity index is 628. The van der Waals surface area contributed by atoms with E-state index in [2.05, 4.69) is 36.1 Å². The molecular weight excluding hydrogens is 305 g/mol. The highest BCUT2D eigenvalue weighted by molar-refractivity contribution is 6.35. The fourth-order valence-electron chi connectivity index (χ4n) is 1.90. The van der Waals surface area contributed by atoms with E-state index in [4.69, 9.17) is 23.2 Å². The predicted molar refractivity (Wildman–Crippen MR) is 90.4 cm³/mol. The molecule has 0 saturated heterocycles. The highest BCUT2D eigenvalue weighted by Gasteiger charge is 2.19.